The normalized spacial score (nSPS) is 15.8. The highest BCUT2D eigenvalue weighted by atomic mass is 16.5. The van der Waals surface area contributed by atoms with E-state index in [0.717, 1.165) is 53.4 Å². The van der Waals surface area contributed by atoms with E-state index in [1.54, 1.807) is 11.0 Å². The van der Waals surface area contributed by atoms with Gasteiger partial charge in [0.05, 0.1) is 24.9 Å². The van der Waals surface area contributed by atoms with Gasteiger partial charge < -0.3 is 31.3 Å². The average molecular weight is 528 g/mol. The van der Waals surface area contributed by atoms with Crippen molar-refractivity contribution in [3.8, 4) is 16.9 Å². The Kier molecular flexibility index (Phi) is 7.01. The second kappa shape index (κ2) is 10.4. The molecule has 39 heavy (non-hydrogen) atoms. The number of nitrogens with one attached hydrogen (secondary N) is 1. The molecule has 5 N–H and O–H groups in total. The van der Waals surface area contributed by atoms with Crippen molar-refractivity contribution in [2.45, 2.75) is 25.4 Å². The molecule has 2 aliphatic rings. The van der Waals surface area contributed by atoms with Gasteiger partial charge in [0.1, 0.15) is 5.75 Å². The number of nitrogen functional groups attached to an aromatic ring is 1. The molecule has 0 aromatic heterocycles. The van der Waals surface area contributed by atoms with Crippen molar-refractivity contribution in [1.29, 1.82) is 0 Å². The number of nitrogens with two attached hydrogens (primary N) is 2. The summed E-state index contributed by atoms with van der Waals surface area (Å²) >= 11 is 0. The van der Waals surface area contributed by atoms with Crippen molar-refractivity contribution < 1.29 is 19.1 Å². The second-order valence-corrected chi connectivity index (χ2v) is 10.3. The number of fused-ring (bicyclic) bond motifs is 3. The van der Waals surface area contributed by atoms with Gasteiger partial charge in [-0.1, -0.05) is 24.8 Å². The minimum absolute atomic E-state index is 0.0783. The van der Waals surface area contributed by atoms with E-state index >= 15 is 0 Å². The Hall–Kier alpha value is -4.37. The van der Waals surface area contributed by atoms with Gasteiger partial charge in [-0.3, -0.25) is 14.4 Å². The van der Waals surface area contributed by atoms with E-state index in [9.17, 15) is 14.4 Å². The second-order valence-electron chi connectivity index (χ2n) is 10.3. The van der Waals surface area contributed by atoms with Gasteiger partial charge in [0.15, 0.2) is 0 Å². The zero-order valence-electron chi connectivity index (χ0n) is 22.3. The molecule has 0 spiro atoms. The fourth-order valence-corrected chi connectivity index (χ4v) is 5.37. The fourth-order valence-electron chi connectivity index (χ4n) is 5.37. The largest absolute Gasteiger partial charge is 0.495 e. The van der Waals surface area contributed by atoms with Gasteiger partial charge in [0.2, 0.25) is 5.91 Å². The Morgan fingerprint density at radius 3 is 2.51 bits per heavy atom. The number of hydrogen-bond donors (Lipinski definition) is 3. The molecule has 0 unspecified atom stereocenters. The Morgan fingerprint density at radius 2 is 1.82 bits per heavy atom. The molecule has 3 aromatic rings. The van der Waals surface area contributed by atoms with Crippen LogP contribution >= 0.6 is 0 Å². The van der Waals surface area contributed by atoms with Gasteiger partial charge in [-0.15, -0.1) is 0 Å². The molecular formula is C30H33N5O4. The third kappa shape index (κ3) is 5.05. The summed E-state index contributed by atoms with van der Waals surface area (Å²) in [6.45, 7) is 5.98. The van der Waals surface area contributed by atoms with Crippen LogP contribution < -0.4 is 21.5 Å². The molecule has 0 bridgehead atoms. The van der Waals surface area contributed by atoms with Crippen molar-refractivity contribution in [3.05, 3.63) is 71.3 Å². The molecular weight excluding hydrogens is 494 g/mol. The number of rotatable bonds is 7. The summed E-state index contributed by atoms with van der Waals surface area (Å²) < 4.78 is 5.54. The van der Waals surface area contributed by atoms with Crippen LogP contribution in [0.25, 0.3) is 21.9 Å². The first-order valence-corrected chi connectivity index (χ1v) is 13.0. The van der Waals surface area contributed by atoms with E-state index in [0.29, 0.717) is 29.1 Å². The van der Waals surface area contributed by atoms with Crippen LogP contribution in [0.3, 0.4) is 0 Å². The van der Waals surface area contributed by atoms with E-state index in [4.69, 9.17) is 16.2 Å². The van der Waals surface area contributed by atoms with Crippen LogP contribution in [0.2, 0.25) is 0 Å². The number of amides is 3. The molecule has 5 rings (SSSR count). The molecule has 1 fully saturated rings. The number of piperidine rings is 1. The maximum atomic E-state index is 13.3. The van der Waals surface area contributed by atoms with Crippen LogP contribution in [-0.2, 0) is 11.3 Å². The Morgan fingerprint density at radius 1 is 1.10 bits per heavy atom. The molecule has 0 atom stereocenters. The number of benzene rings is 3. The summed E-state index contributed by atoms with van der Waals surface area (Å²) in [6.07, 6.45) is 1.77. The maximum absolute atomic E-state index is 13.3. The maximum Gasteiger partial charge on any atom is 0.254 e. The lowest BCUT2D eigenvalue weighted by molar-refractivity contribution is -0.114. The monoisotopic (exact) mass is 527 g/mol. The van der Waals surface area contributed by atoms with Crippen LogP contribution in [0.5, 0.6) is 5.75 Å². The number of anilines is 1. The summed E-state index contributed by atoms with van der Waals surface area (Å²) in [4.78, 5) is 41.6. The van der Waals surface area contributed by atoms with Crippen molar-refractivity contribution in [2.24, 2.45) is 5.73 Å². The van der Waals surface area contributed by atoms with E-state index in [-0.39, 0.29) is 30.0 Å². The van der Waals surface area contributed by atoms with Crippen molar-refractivity contribution >= 4 is 34.2 Å². The van der Waals surface area contributed by atoms with Crippen molar-refractivity contribution in [2.75, 3.05) is 39.5 Å². The lowest BCUT2D eigenvalue weighted by Gasteiger charge is -2.29. The topological polar surface area (TPSA) is 131 Å². The van der Waals surface area contributed by atoms with Crippen LogP contribution in [-0.4, -0.2) is 67.4 Å². The molecule has 0 radical (unpaired) electrons. The zero-order chi connectivity index (χ0) is 27.8. The molecule has 9 nitrogen and oxygen atoms in total. The molecule has 0 saturated carbocycles. The molecule has 3 aromatic carbocycles. The Bertz CT molecular complexity index is 1510. The van der Waals surface area contributed by atoms with E-state index in [1.165, 1.54) is 7.11 Å². The summed E-state index contributed by atoms with van der Waals surface area (Å²) in [6, 6.07) is 13.4. The van der Waals surface area contributed by atoms with E-state index in [2.05, 4.69) is 23.8 Å². The highest BCUT2D eigenvalue weighted by Crippen LogP contribution is 2.37. The fraction of sp³-hybridized carbons (Fsp3) is 0.300. The molecule has 2 heterocycles. The third-order valence-electron chi connectivity index (χ3n) is 7.72. The number of ether oxygens (including phenoxy) is 1. The van der Waals surface area contributed by atoms with E-state index in [1.807, 2.05) is 36.4 Å². The first-order valence-electron chi connectivity index (χ1n) is 13.0. The molecule has 9 heteroatoms. The molecule has 0 aliphatic carbocycles. The zero-order valence-corrected chi connectivity index (χ0v) is 22.3. The van der Waals surface area contributed by atoms with Gasteiger partial charge in [-0.2, -0.15) is 0 Å². The number of hydrogen-bond acceptors (Lipinski definition) is 6. The smallest absolute Gasteiger partial charge is 0.254 e. The van der Waals surface area contributed by atoms with Crippen LogP contribution in [0.4, 0.5) is 5.69 Å². The minimum atomic E-state index is -0.626. The number of carbonyl (C=O) groups is 3. The quantitative estimate of drug-likeness (QED) is 0.320. The van der Waals surface area contributed by atoms with Gasteiger partial charge in [0, 0.05) is 23.7 Å². The SMILES string of the molecule is C=C(CN1Cc2c(ccc3ccc(-c4cc(OC)c(N)c(C(=O)NC5CCN(C)CC5)c4)cc23)C1=O)C(N)=O. The van der Waals surface area contributed by atoms with Crippen LogP contribution in [0.1, 0.15) is 39.1 Å². The Labute approximate surface area is 227 Å². The Balaban J connectivity index is 1.49. The number of likely N-dealkylation sites (tertiary alicyclic amines) is 1. The number of carbonyl (C=O) groups excluding carboxylic acids is 3. The van der Waals surface area contributed by atoms with Gasteiger partial charge in [-0.05, 0) is 84.7 Å². The van der Waals surface area contributed by atoms with Crippen LogP contribution in [0, 0.1) is 0 Å². The van der Waals surface area contributed by atoms with Gasteiger partial charge in [-0.25, -0.2) is 0 Å². The molecule has 202 valence electrons. The molecule has 2 aliphatic heterocycles. The lowest BCUT2D eigenvalue weighted by Crippen LogP contribution is -2.43. The first-order chi connectivity index (χ1) is 18.7. The van der Waals surface area contributed by atoms with Crippen LogP contribution in [0.15, 0.2) is 54.6 Å². The third-order valence-corrected chi connectivity index (χ3v) is 7.72. The van der Waals surface area contributed by atoms with Crippen molar-refractivity contribution in [3.63, 3.8) is 0 Å². The number of methoxy groups -OCH3 is 1. The number of primary amides is 1. The molecule has 1 saturated heterocycles. The highest BCUT2D eigenvalue weighted by molar-refractivity contribution is 6.06. The predicted octanol–water partition coefficient (Wildman–Crippen LogP) is 2.92. The van der Waals surface area contributed by atoms with Gasteiger partial charge in [0.25, 0.3) is 11.8 Å². The average Bonchev–Trinajstić information content (AvgIpc) is 3.24. The summed E-state index contributed by atoms with van der Waals surface area (Å²) in [5.41, 5.74) is 15.6. The standard InChI is InChI=1S/C30H33N5O4/c1-17(28(32)36)15-35-16-25-22(30(35)38)7-6-18-4-5-19(12-23(18)25)20-13-24(27(31)26(14-20)39-3)29(37)33-21-8-10-34(2)11-9-21/h4-7,12-14,21H,1,8-11,15-16,31H2,2-3H3,(H2,32,36)(H,33,37). The van der Waals surface area contributed by atoms with Crippen molar-refractivity contribution in [1.82, 2.24) is 15.1 Å². The minimum Gasteiger partial charge on any atom is -0.495 e. The summed E-state index contributed by atoms with van der Waals surface area (Å²) in [7, 11) is 3.61. The summed E-state index contributed by atoms with van der Waals surface area (Å²) in [5, 5.41) is 5.03. The summed E-state index contributed by atoms with van der Waals surface area (Å²) in [5.74, 6) is -0.592. The number of nitrogens with zero attached hydrogens (tertiary/aromatic N) is 2. The lowest BCUT2D eigenvalue weighted by atomic mass is 9.94. The van der Waals surface area contributed by atoms with Gasteiger partial charge >= 0.3 is 0 Å². The molecule has 3 amide bonds. The first kappa shape index (κ1) is 26.2. The highest BCUT2D eigenvalue weighted by Gasteiger charge is 2.30. The van der Waals surface area contributed by atoms with E-state index < -0.39 is 5.91 Å². The predicted molar refractivity (Wildman–Crippen MR) is 151 cm³/mol.